The predicted molar refractivity (Wildman–Crippen MR) is 89.2 cm³/mol. The van der Waals surface area contributed by atoms with Crippen molar-refractivity contribution in [1.29, 1.82) is 0 Å². The van der Waals surface area contributed by atoms with E-state index in [0.717, 1.165) is 18.9 Å². The molecule has 1 aliphatic heterocycles. The van der Waals surface area contributed by atoms with Gasteiger partial charge in [0.15, 0.2) is 0 Å². The first-order chi connectivity index (χ1) is 12.1. The third-order valence-electron chi connectivity index (χ3n) is 4.42. The quantitative estimate of drug-likeness (QED) is 0.737. The summed E-state index contributed by atoms with van der Waals surface area (Å²) in [6.07, 6.45) is -4.83. The third kappa shape index (κ3) is 4.09. The summed E-state index contributed by atoms with van der Waals surface area (Å²) in [5.41, 5.74) is -0.561. The van der Waals surface area contributed by atoms with Gasteiger partial charge in [-0.2, -0.15) is 13.2 Å². The lowest BCUT2D eigenvalue weighted by Crippen LogP contribution is -2.44. The van der Waals surface area contributed by atoms with E-state index < -0.39 is 23.8 Å². The van der Waals surface area contributed by atoms with E-state index in [1.54, 1.807) is 0 Å². The van der Waals surface area contributed by atoms with Crippen LogP contribution >= 0.6 is 11.6 Å². The number of carboxylic acids is 1. The van der Waals surface area contributed by atoms with Crippen molar-refractivity contribution >= 4 is 23.6 Å². The molecule has 0 radical (unpaired) electrons. The Bertz CT molecular complexity index is 724. The number of carbonyl (C=O) groups excluding carboxylic acids is 1. The molecular weight excluding hydrogens is 373 g/mol. The van der Waals surface area contributed by atoms with Gasteiger partial charge in [-0.15, -0.1) is 0 Å². The fraction of sp³-hybridized carbons (Fsp3) is 0.500. The van der Waals surface area contributed by atoms with Crippen molar-refractivity contribution in [2.24, 2.45) is 5.92 Å². The molecule has 2 rings (SSSR count). The first-order valence-electron chi connectivity index (χ1n) is 8.22. The highest BCUT2D eigenvalue weighted by atomic mass is 35.5. The maximum Gasteiger partial charge on any atom is 0.429 e. The van der Waals surface area contributed by atoms with Crippen LogP contribution in [0.2, 0.25) is 5.02 Å². The van der Waals surface area contributed by atoms with Gasteiger partial charge in [0.1, 0.15) is 11.5 Å². The van der Waals surface area contributed by atoms with Crippen LogP contribution in [0, 0.1) is 12.8 Å². The highest BCUT2D eigenvalue weighted by Gasteiger charge is 2.47. The highest BCUT2D eigenvalue weighted by molar-refractivity contribution is 6.32. The summed E-state index contributed by atoms with van der Waals surface area (Å²) in [7, 11) is 0. The molecule has 1 aromatic rings. The molecule has 1 heterocycles. The minimum Gasteiger partial charge on any atom is -0.545 e. The summed E-state index contributed by atoms with van der Waals surface area (Å²) in [5, 5.41) is 11.3. The minimum atomic E-state index is -4.90. The number of halogens is 4. The van der Waals surface area contributed by atoms with Crippen LogP contribution in [0.4, 0.5) is 13.2 Å². The molecular formula is C18H19ClF3O4-. The van der Waals surface area contributed by atoms with E-state index in [0.29, 0.717) is 12.2 Å². The maximum atomic E-state index is 13.2. The highest BCUT2D eigenvalue weighted by Crippen LogP contribution is 2.44. The van der Waals surface area contributed by atoms with Crippen molar-refractivity contribution in [3.05, 3.63) is 27.8 Å². The topological polar surface area (TPSA) is 58.6 Å². The first-order valence-corrected chi connectivity index (χ1v) is 8.60. The molecule has 1 aliphatic rings. The predicted octanol–water partition coefficient (Wildman–Crippen LogP) is 3.92. The molecule has 8 heteroatoms. The lowest BCUT2D eigenvalue weighted by Gasteiger charge is -2.31. The Balaban J connectivity index is 2.46. The van der Waals surface area contributed by atoms with E-state index in [-0.39, 0.29) is 28.0 Å². The summed E-state index contributed by atoms with van der Waals surface area (Å²) >= 11 is 6.19. The molecule has 26 heavy (non-hydrogen) atoms. The second-order valence-corrected chi connectivity index (χ2v) is 6.56. The van der Waals surface area contributed by atoms with Crippen LogP contribution in [-0.4, -0.2) is 24.9 Å². The fourth-order valence-electron chi connectivity index (χ4n) is 2.77. The third-order valence-corrected chi connectivity index (χ3v) is 4.70. The Hall–Kier alpha value is -1.89. The van der Waals surface area contributed by atoms with Crippen LogP contribution in [0.3, 0.4) is 0 Å². The minimum absolute atomic E-state index is 0.0960. The molecule has 144 valence electrons. The van der Waals surface area contributed by atoms with Crippen molar-refractivity contribution in [2.45, 2.75) is 45.9 Å². The van der Waals surface area contributed by atoms with E-state index in [1.807, 2.05) is 13.8 Å². The number of fused-ring (bicyclic) bond motifs is 1. The van der Waals surface area contributed by atoms with Crippen LogP contribution in [-0.2, 0) is 4.79 Å². The molecule has 0 saturated heterocycles. The summed E-state index contributed by atoms with van der Waals surface area (Å²) in [6.45, 7) is 5.93. The van der Waals surface area contributed by atoms with E-state index in [2.05, 4.69) is 0 Å². The Morgan fingerprint density at radius 2 is 2.00 bits per heavy atom. The number of hydrogen-bond donors (Lipinski definition) is 0. The first kappa shape index (κ1) is 20.4. The van der Waals surface area contributed by atoms with Gasteiger partial charge in [0, 0.05) is 16.7 Å². The van der Waals surface area contributed by atoms with Gasteiger partial charge in [0.25, 0.3) is 0 Å². The summed E-state index contributed by atoms with van der Waals surface area (Å²) < 4.78 is 50.3. The lowest BCUT2D eigenvalue weighted by atomic mass is 9.98. The van der Waals surface area contributed by atoms with Gasteiger partial charge in [0.2, 0.25) is 6.10 Å². The van der Waals surface area contributed by atoms with Crippen molar-refractivity contribution in [3.63, 3.8) is 0 Å². The van der Waals surface area contributed by atoms with Gasteiger partial charge in [0.05, 0.1) is 17.6 Å². The molecule has 0 aliphatic carbocycles. The number of aliphatic carboxylic acids is 1. The van der Waals surface area contributed by atoms with Gasteiger partial charge in [-0.25, -0.2) is 0 Å². The monoisotopic (exact) mass is 391 g/mol. The standard InChI is InChI=1S/C18H20ClF3O4/c1-4-10(5-2)8-25-15-9(3)14-11(7-13(15)19)6-12(17(23)24)16(26-14)18(20,21)22/h6-7,10,16H,4-5,8H2,1-3H3,(H,23,24)/p-1. The molecule has 1 aromatic carbocycles. The number of hydrogen-bond acceptors (Lipinski definition) is 4. The molecule has 0 aromatic heterocycles. The Morgan fingerprint density at radius 1 is 1.38 bits per heavy atom. The normalized spacial score (nSPS) is 16.8. The van der Waals surface area contributed by atoms with Gasteiger partial charge in [-0.3, -0.25) is 0 Å². The second-order valence-electron chi connectivity index (χ2n) is 6.15. The number of carbonyl (C=O) groups is 1. The molecule has 1 atom stereocenters. The number of carboxylic acid groups (broad SMARTS) is 1. The average Bonchev–Trinajstić information content (AvgIpc) is 2.56. The Kier molecular flexibility index (Phi) is 6.11. The summed E-state index contributed by atoms with van der Waals surface area (Å²) in [5.74, 6) is -1.51. The zero-order valence-corrected chi connectivity index (χ0v) is 15.3. The average molecular weight is 392 g/mol. The van der Waals surface area contributed by atoms with Crippen molar-refractivity contribution in [2.75, 3.05) is 6.61 Å². The van der Waals surface area contributed by atoms with Gasteiger partial charge < -0.3 is 19.4 Å². The van der Waals surface area contributed by atoms with E-state index in [4.69, 9.17) is 21.1 Å². The molecule has 0 N–H and O–H groups in total. The van der Waals surface area contributed by atoms with Gasteiger partial charge in [-0.1, -0.05) is 38.3 Å². The fourth-order valence-corrected chi connectivity index (χ4v) is 3.08. The SMILES string of the molecule is CCC(CC)COc1c(Cl)cc2c(c1C)OC(C(F)(F)F)C(C(=O)[O-])=C2. The number of benzene rings is 1. The molecule has 0 saturated carbocycles. The largest absolute Gasteiger partial charge is 0.545 e. The second kappa shape index (κ2) is 7.78. The molecule has 0 bridgehead atoms. The molecule has 0 fully saturated rings. The molecule has 0 amide bonds. The van der Waals surface area contributed by atoms with E-state index in [1.165, 1.54) is 13.0 Å². The van der Waals surface area contributed by atoms with E-state index in [9.17, 15) is 23.1 Å². The zero-order valence-electron chi connectivity index (χ0n) is 14.6. The number of rotatable bonds is 6. The smallest absolute Gasteiger partial charge is 0.429 e. The zero-order chi connectivity index (χ0) is 19.6. The molecule has 4 nitrogen and oxygen atoms in total. The van der Waals surface area contributed by atoms with Gasteiger partial charge >= 0.3 is 6.18 Å². The van der Waals surface area contributed by atoms with Crippen molar-refractivity contribution in [3.8, 4) is 11.5 Å². The summed E-state index contributed by atoms with van der Waals surface area (Å²) in [6, 6.07) is 1.33. The molecule has 1 unspecified atom stereocenters. The van der Waals surface area contributed by atoms with Crippen LogP contribution in [0.15, 0.2) is 11.6 Å². The van der Waals surface area contributed by atoms with E-state index >= 15 is 0 Å². The van der Waals surface area contributed by atoms with Crippen molar-refractivity contribution < 1.29 is 32.5 Å². The van der Waals surface area contributed by atoms with Gasteiger partial charge in [-0.05, 0) is 25.0 Å². The number of ether oxygens (including phenoxy) is 2. The van der Waals surface area contributed by atoms with Crippen LogP contribution in [0.1, 0.15) is 37.8 Å². The maximum absolute atomic E-state index is 13.2. The Labute approximate surface area is 154 Å². The summed E-state index contributed by atoms with van der Waals surface area (Å²) in [4.78, 5) is 11.1. The lowest BCUT2D eigenvalue weighted by molar-refractivity contribution is -0.302. The van der Waals surface area contributed by atoms with Crippen LogP contribution in [0.25, 0.3) is 6.08 Å². The number of alkyl halides is 3. The van der Waals surface area contributed by atoms with Crippen LogP contribution in [0.5, 0.6) is 11.5 Å². The molecule has 0 spiro atoms. The Morgan fingerprint density at radius 3 is 2.50 bits per heavy atom. The van der Waals surface area contributed by atoms with Crippen molar-refractivity contribution in [1.82, 2.24) is 0 Å². The van der Waals surface area contributed by atoms with Crippen LogP contribution < -0.4 is 14.6 Å².